The Morgan fingerprint density at radius 3 is 2.44 bits per heavy atom. The van der Waals surface area contributed by atoms with Crippen LogP contribution in [0.25, 0.3) is 11.1 Å². The monoisotopic (exact) mass is 589 g/mol. The summed E-state index contributed by atoms with van der Waals surface area (Å²) in [5.41, 5.74) is 3.13. The van der Waals surface area contributed by atoms with Crippen molar-refractivity contribution in [3.63, 3.8) is 0 Å². The average Bonchev–Trinajstić information content (AvgIpc) is 3.64. The second-order valence-electron chi connectivity index (χ2n) is 10.2. The van der Waals surface area contributed by atoms with Crippen molar-refractivity contribution in [1.29, 1.82) is 0 Å². The Morgan fingerprint density at radius 1 is 1.02 bits per heavy atom. The number of nitrogens with one attached hydrogen (secondary N) is 2. The molecule has 1 aliphatic heterocycles. The van der Waals surface area contributed by atoms with E-state index in [0.29, 0.717) is 47.6 Å². The summed E-state index contributed by atoms with van der Waals surface area (Å²) in [7, 11) is 0. The number of amides is 2. The SMILES string of the molecule is CCN(CC)C(=O)c1cnn(CC(=O)C2NCc3cc(NC(=O)c4ccccc4-c4ccc(C(F)(F)F)cc4)ccc32)c1. The highest BCUT2D eigenvalue weighted by molar-refractivity contribution is 6.08. The lowest BCUT2D eigenvalue weighted by Gasteiger charge is -2.17. The molecule has 11 heteroatoms. The molecule has 0 radical (unpaired) electrons. The van der Waals surface area contributed by atoms with E-state index in [0.717, 1.165) is 23.3 Å². The Balaban J connectivity index is 1.27. The molecule has 222 valence electrons. The van der Waals surface area contributed by atoms with Gasteiger partial charge in [0.25, 0.3) is 11.8 Å². The van der Waals surface area contributed by atoms with E-state index in [4.69, 9.17) is 0 Å². The predicted octanol–water partition coefficient (Wildman–Crippen LogP) is 5.72. The van der Waals surface area contributed by atoms with Crippen LogP contribution in [0.5, 0.6) is 0 Å². The number of nitrogens with zero attached hydrogens (tertiary/aromatic N) is 3. The van der Waals surface area contributed by atoms with Crippen LogP contribution >= 0.6 is 0 Å². The van der Waals surface area contributed by atoms with Crippen LogP contribution in [0.4, 0.5) is 18.9 Å². The predicted molar refractivity (Wildman–Crippen MR) is 155 cm³/mol. The van der Waals surface area contributed by atoms with Gasteiger partial charge < -0.3 is 10.2 Å². The van der Waals surface area contributed by atoms with E-state index in [1.165, 1.54) is 23.0 Å². The smallest absolute Gasteiger partial charge is 0.339 e. The van der Waals surface area contributed by atoms with Crippen molar-refractivity contribution in [1.82, 2.24) is 20.0 Å². The molecule has 43 heavy (non-hydrogen) atoms. The largest absolute Gasteiger partial charge is 0.416 e. The van der Waals surface area contributed by atoms with Gasteiger partial charge in [-0.05, 0) is 66.4 Å². The van der Waals surface area contributed by atoms with Crippen molar-refractivity contribution in [2.24, 2.45) is 0 Å². The van der Waals surface area contributed by atoms with Gasteiger partial charge in [-0.2, -0.15) is 18.3 Å². The minimum absolute atomic E-state index is 0.0120. The third-order valence-electron chi connectivity index (χ3n) is 7.47. The molecule has 1 aromatic heterocycles. The van der Waals surface area contributed by atoms with Crippen LogP contribution in [0.2, 0.25) is 0 Å². The first-order valence-electron chi connectivity index (χ1n) is 13.9. The van der Waals surface area contributed by atoms with Gasteiger partial charge in [0.15, 0.2) is 5.78 Å². The van der Waals surface area contributed by atoms with Gasteiger partial charge in [0.2, 0.25) is 0 Å². The van der Waals surface area contributed by atoms with Gasteiger partial charge in [-0.15, -0.1) is 0 Å². The van der Waals surface area contributed by atoms with Gasteiger partial charge in [0, 0.05) is 37.1 Å². The van der Waals surface area contributed by atoms with E-state index in [9.17, 15) is 27.6 Å². The van der Waals surface area contributed by atoms with Crippen molar-refractivity contribution in [3.05, 3.63) is 107 Å². The molecule has 1 aliphatic rings. The number of halogens is 3. The van der Waals surface area contributed by atoms with Crippen LogP contribution in [-0.2, 0) is 24.1 Å². The van der Waals surface area contributed by atoms with Crippen LogP contribution in [-0.4, -0.2) is 45.4 Å². The lowest BCUT2D eigenvalue weighted by atomic mass is 9.97. The van der Waals surface area contributed by atoms with Gasteiger partial charge in [-0.25, -0.2) is 0 Å². The number of Topliss-reactive ketones (excluding diaryl/α,β-unsaturated/α-hetero) is 1. The maximum atomic E-state index is 13.2. The summed E-state index contributed by atoms with van der Waals surface area (Å²) in [6, 6.07) is 16.1. The number of carbonyl (C=O) groups is 3. The Hall–Kier alpha value is -4.77. The summed E-state index contributed by atoms with van der Waals surface area (Å²) in [5, 5.41) is 10.3. The maximum absolute atomic E-state index is 13.2. The van der Waals surface area contributed by atoms with Crippen LogP contribution in [0.3, 0.4) is 0 Å². The van der Waals surface area contributed by atoms with Gasteiger partial charge in [0.1, 0.15) is 6.54 Å². The summed E-state index contributed by atoms with van der Waals surface area (Å²) in [6.07, 6.45) is -1.40. The van der Waals surface area contributed by atoms with Crippen molar-refractivity contribution < 1.29 is 27.6 Å². The zero-order valence-electron chi connectivity index (χ0n) is 23.6. The van der Waals surface area contributed by atoms with E-state index < -0.39 is 23.7 Å². The minimum Gasteiger partial charge on any atom is -0.339 e. The average molecular weight is 590 g/mol. The van der Waals surface area contributed by atoms with Gasteiger partial charge in [-0.3, -0.25) is 24.4 Å². The zero-order chi connectivity index (χ0) is 30.7. The summed E-state index contributed by atoms with van der Waals surface area (Å²) in [6.45, 7) is 5.37. The van der Waals surface area contributed by atoms with Crippen molar-refractivity contribution >= 4 is 23.3 Å². The number of benzene rings is 3. The number of carbonyl (C=O) groups excluding carboxylic acids is 3. The fraction of sp³-hybridized carbons (Fsp3) is 0.250. The topological polar surface area (TPSA) is 96.3 Å². The summed E-state index contributed by atoms with van der Waals surface area (Å²) in [4.78, 5) is 40.6. The van der Waals surface area contributed by atoms with Crippen molar-refractivity contribution in [2.45, 2.75) is 39.2 Å². The van der Waals surface area contributed by atoms with E-state index in [1.807, 2.05) is 13.8 Å². The number of hydrogen-bond acceptors (Lipinski definition) is 5. The number of ketones is 1. The van der Waals surface area contributed by atoms with Gasteiger partial charge in [-0.1, -0.05) is 36.4 Å². The highest BCUT2D eigenvalue weighted by Gasteiger charge is 2.31. The second-order valence-corrected chi connectivity index (χ2v) is 10.2. The molecule has 0 aliphatic carbocycles. The second kappa shape index (κ2) is 12.2. The fourth-order valence-corrected chi connectivity index (χ4v) is 5.20. The van der Waals surface area contributed by atoms with E-state index in [1.54, 1.807) is 53.6 Å². The molecule has 1 unspecified atom stereocenters. The Bertz CT molecular complexity index is 1660. The molecule has 0 bridgehead atoms. The highest BCUT2D eigenvalue weighted by atomic mass is 19.4. The molecule has 2 N–H and O–H groups in total. The Labute approximate surface area is 246 Å². The summed E-state index contributed by atoms with van der Waals surface area (Å²) < 4.78 is 40.5. The number of rotatable bonds is 9. The first-order chi connectivity index (χ1) is 20.6. The lowest BCUT2D eigenvalue weighted by Crippen LogP contribution is -2.30. The van der Waals surface area contributed by atoms with Crippen LogP contribution in [0, 0.1) is 0 Å². The quantitative estimate of drug-likeness (QED) is 0.261. The maximum Gasteiger partial charge on any atom is 0.416 e. The van der Waals surface area contributed by atoms with E-state index in [-0.39, 0.29) is 18.2 Å². The number of hydrogen-bond donors (Lipinski definition) is 2. The summed E-state index contributed by atoms with van der Waals surface area (Å²) in [5.74, 6) is -0.668. The van der Waals surface area contributed by atoms with Crippen molar-refractivity contribution in [2.75, 3.05) is 18.4 Å². The summed E-state index contributed by atoms with van der Waals surface area (Å²) >= 11 is 0. The first kappa shape index (κ1) is 29.7. The molecule has 0 spiro atoms. The molecule has 1 atom stereocenters. The van der Waals surface area contributed by atoms with Gasteiger partial charge >= 0.3 is 6.18 Å². The van der Waals surface area contributed by atoms with Gasteiger partial charge in [0.05, 0.1) is 23.4 Å². The molecular formula is C32H30F3N5O3. The molecule has 0 fully saturated rings. The lowest BCUT2D eigenvalue weighted by molar-refractivity contribution is -0.137. The standard InChI is InChI=1S/C32H30F3N5O3/c1-3-39(4-2)31(43)22-17-37-40(18-22)19-28(41)29-26-14-13-24(15-21(26)16-36-29)38-30(42)27-8-6-5-7-25(27)20-9-11-23(12-10-20)32(33,34)35/h5-15,17-18,29,36H,3-4,16,19H2,1-2H3,(H,38,42). The molecule has 4 aromatic rings. The number of aromatic nitrogens is 2. The van der Waals surface area contributed by atoms with Crippen LogP contribution in [0.15, 0.2) is 79.1 Å². The number of fused-ring (bicyclic) bond motifs is 1. The third kappa shape index (κ3) is 6.36. The molecule has 8 nitrogen and oxygen atoms in total. The van der Waals surface area contributed by atoms with E-state index >= 15 is 0 Å². The molecule has 3 aromatic carbocycles. The van der Waals surface area contributed by atoms with Crippen LogP contribution < -0.4 is 10.6 Å². The Kier molecular flexibility index (Phi) is 8.45. The Morgan fingerprint density at radius 2 is 1.74 bits per heavy atom. The molecule has 0 saturated carbocycles. The molecule has 0 saturated heterocycles. The highest BCUT2D eigenvalue weighted by Crippen LogP contribution is 2.33. The molecule has 5 rings (SSSR count). The van der Waals surface area contributed by atoms with Crippen molar-refractivity contribution in [3.8, 4) is 11.1 Å². The van der Waals surface area contributed by atoms with Crippen LogP contribution in [0.1, 0.15) is 57.3 Å². The number of alkyl halides is 3. The minimum atomic E-state index is -4.45. The molecular weight excluding hydrogens is 559 g/mol. The molecule has 2 amide bonds. The first-order valence-corrected chi connectivity index (χ1v) is 13.9. The fourth-order valence-electron chi connectivity index (χ4n) is 5.20. The molecule has 2 heterocycles. The normalized spacial score (nSPS) is 14.3. The third-order valence-corrected chi connectivity index (χ3v) is 7.47. The zero-order valence-corrected chi connectivity index (χ0v) is 23.6. The number of anilines is 1. The van der Waals surface area contributed by atoms with E-state index in [2.05, 4.69) is 15.7 Å².